The molecule has 0 saturated carbocycles. The summed E-state index contributed by atoms with van der Waals surface area (Å²) in [6.07, 6.45) is 1.51. The smallest absolute Gasteiger partial charge is 0.147 e. The Morgan fingerprint density at radius 2 is 2.00 bits per heavy atom. The molecule has 0 amide bonds. The number of hydrogen-bond acceptors (Lipinski definition) is 3. The second-order valence-corrected chi connectivity index (χ2v) is 5.65. The summed E-state index contributed by atoms with van der Waals surface area (Å²) in [5.41, 5.74) is 5.99. The van der Waals surface area contributed by atoms with Crippen molar-refractivity contribution in [3.63, 3.8) is 0 Å². The first-order valence-electron chi connectivity index (χ1n) is 5.05. The molecule has 0 bridgehead atoms. The van der Waals surface area contributed by atoms with Gasteiger partial charge in [0.25, 0.3) is 0 Å². The van der Waals surface area contributed by atoms with Gasteiger partial charge in [0.2, 0.25) is 0 Å². The summed E-state index contributed by atoms with van der Waals surface area (Å²) in [6.45, 7) is 0. The Balaban J connectivity index is 2.26. The summed E-state index contributed by atoms with van der Waals surface area (Å²) in [5, 5.41) is 0.946. The highest BCUT2D eigenvalue weighted by atomic mass is 79.9. The van der Waals surface area contributed by atoms with Gasteiger partial charge in [0.05, 0.1) is 21.9 Å². The zero-order chi connectivity index (χ0) is 14.0. The van der Waals surface area contributed by atoms with Crippen LogP contribution < -0.4 is 10.5 Å². The highest BCUT2D eigenvalue weighted by Crippen LogP contribution is 2.36. The molecular formula is C12H7BrCl2N2OS. The van der Waals surface area contributed by atoms with Crippen LogP contribution in [0.5, 0.6) is 11.5 Å². The maximum absolute atomic E-state index is 6.06. The van der Waals surface area contributed by atoms with Gasteiger partial charge in [-0.3, -0.25) is 0 Å². The lowest BCUT2D eigenvalue weighted by atomic mass is 10.3. The standard InChI is InChI=1S/C12H7BrCl2N2OS/c13-7-3-9(15)11(4-8(7)14)18-6-1-2-10(12(16)19)17-5-6/h1-5H,(H2,16,19). The first-order chi connectivity index (χ1) is 8.97. The van der Waals surface area contributed by atoms with E-state index in [9.17, 15) is 0 Å². The van der Waals surface area contributed by atoms with Gasteiger partial charge in [-0.25, -0.2) is 4.98 Å². The average Bonchev–Trinajstić information content (AvgIpc) is 2.36. The van der Waals surface area contributed by atoms with Gasteiger partial charge in [-0.1, -0.05) is 35.4 Å². The number of rotatable bonds is 3. The molecule has 0 saturated heterocycles. The number of thiocarbonyl (C=S) groups is 1. The van der Waals surface area contributed by atoms with Crippen LogP contribution in [0.4, 0.5) is 0 Å². The molecule has 0 spiro atoms. The number of benzene rings is 1. The third kappa shape index (κ3) is 3.57. The van der Waals surface area contributed by atoms with E-state index in [2.05, 4.69) is 20.9 Å². The van der Waals surface area contributed by atoms with E-state index in [0.717, 1.165) is 0 Å². The molecule has 0 radical (unpaired) electrons. The van der Waals surface area contributed by atoms with E-state index in [-0.39, 0.29) is 4.99 Å². The number of nitrogens with zero attached hydrogens (tertiary/aromatic N) is 1. The summed E-state index contributed by atoms with van der Waals surface area (Å²) >= 11 is 20.1. The van der Waals surface area contributed by atoms with Crippen LogP contribution in [0.1, 0.15) is 5.69 Å². The number of aromatic nitrogens is 1. The fourth-order valence-electron chi connectivity index (χ4n) is 1.30. The number of pyridine rings is 1. The Labute approximate surface area is 133 Å². The van der Waals surface area contributed by atoms with E-state index < -0.39 is 0 Å². The molecule has 2 rings (SSSR count). The molecule has 0 unspecified atom stereocenters. The predicted octanol–water partition coefficient (Wildman–Crippen LogP) is 4.58. The van der Waals surface area contributed by atoms with Crippen molar-refractivity contribution >= 4 is 56.3 Å². The van der Waals surface area contributed by atoms with Crippen molar-refractivity contribution in [1.29, 1.82) is 0 Å². The summed E-state index contributed by atoms with van der Waals surface area (Å²) in [5.74, 6) is 0.958. The molecule has 0 atom stereocenters. The topological polar surface area (TPSA) is 48.1 Å². The Hall–Kier alpha value is -0.880. The lowest BCUT2D eigenvalue weighted by Gasteiger charge is -2.09. The fourth-order valence-corrected chi connectivity index (χ4v) is 2.25. The molecule has 2 N–H and O–H groups in total. The maximum Gasteiger partial charge on any atom is 0.147 e. The molecule has 0 aliphatic heterocycles. The van der Waals surface area contributed by atoms with Crippen LogP contribution >= 0.6 is 51.3 Å². The Bertz CT molecular complexity index is 634. The van der Waals surface area contributed by atoms with Crippen molar-refractivity contribution in [2.45, 2.75) is 0 Å². The molecule has 0 aliphatic carbocycles. The van der Waals surface area contributed by atoms with Gasteiger partial charge in [-0.05, 0) is 34.1 Å². The van der Waals surface area contributed by atoms with Crippen LogP contribution in [-0.2, 0) is 0 Å². The molecule has 2 aromatic rings. The summed E-state index contributed by atoms with van der Waals surface area (Å²) < 4.78 is 6.30. The first-order valence-corrected chi connectivity index (χ1v) is 7.01. The molecule has 0 fully saturated rings. The SMILES string of the molecule is NC(=S)c1ccc(Oc2cc(Cl)c(Br)cc2Cl)cn1. The second-order valence-electron chi connectivity index (χ2n) is 3.54. The van der Waals surface area contributed by atoms with Crippen molar-refractivity contribution in [2.75, 3.05) is 0 Å². The minimum absolute atomic E-state index is 0.233. The van der Waals surface area contributed by atoms with E-state index >= 15 is 0 Å². The minimum atomic E-state index is 0.233. The quantitative estimate of drug-likeness (QED) is 0.628. The maximum atomic E-state index is 6.06. The van der Waals surface area contributed by atoms with Gasteiger partial charge < -0.3 is 10.5 Å². The number of ether oxygens (including phenoxy) is 1. The predicted molar refractivity (Wildman–Crippen MR) is 84.4 cm³/mol. The zero-order valence-electron chi connectivity index (χ0n) is 9.36. The van der Waals surface area contributed by atoms with E-state index in [1.54, 1.807) is 24.3 Å². The van der Waals surface area contributed by atoms with E-state index in [1.807, 2.05) is 0 Å². The van der Waals surface area contributed by atoms with Crippen molar-refractivity contribution in [1.82, 2.24) is 4.98 Å². The molecule has 1 aromatic heterocycles. The largest absolute Gasteiger partial charge is 0.454 e. The Morgan fingerprint density at radius 3 is 2.58 bits per heavy atom. The van der Waals surface area contributed by atoms with Crippen molar-refractivity contribution < 1.29 is 4.74 Å². The van der Waals surface area contributed by atoms with Crippen LogP contribution in [0.3, 0.4) is 0 Å². The average molecular weight is 378 g/mol. The molecule has 98 valence electrons. The summed E-state index contributed by atoms with van der Waals surface area (Å²) in [4.78, 5) is 4.30. The number of nitrogens with two attached hydrogens (primary N) is 1. The van der Waals surface area contributed by atoms with E-state index in [0.29, 0.717) is 31.7 Å². The van der Waals surface area contributed by atoms with Crippen molar-refractivity contribution in [3.05, 3.63) is 50.7 Å². The van der Waals surface area contributed by atoms with Crippen LogP contribution in [0, 0.1) is 0 Å². The van der Waals surface area contributed by atoms with E-state index in [1.165, 1.54) is 6.20 Å². The van der Waals surface area contributed by atoms with Crippen molar-refractivity contribution in [2.24, 2.45) is 5.73 Å². The summed E-state index contributed by atoms with van der Waals surface area (Å²) in [6, 6.07) is 6.66. The van der Waals surface area contributed by atoms with Gasteiger partial charge in [-0.2, -0.15) is 0 Å². The third-order valence-electron chi connectivity index (χ3n) is 2.19. The molecule has 1 aromatic carbocycles. The summed E-state index contributed by atoms with van der Waals surface area (Å²) in [7, 11) is 0. The molecule has 0 aliphatic rings. The lowest BCUT2D eigenvalue weighted by molar-refractivity contribution is 0.480. The molecule has 3 nitrogen and oxygen atoms in total. The highest BCUT2D eigenvalue weighted by molar-refractivity contribution is 9.10. The molecular weight excluding hydrogens is 371 g/mol. The molecule has 19 heavy (non-hydrogen) atoms. The Morgan fingerprint density at radius 1 is 1.26 bits per heavy atom. The van der Waals surface area contributed by atoms with Gasteiger partial charge >= 0.3 is 0 Å². The van der Waals surface area contributed by atoms with Gasteiger partial charge in [0.1, 0.15) is 16.5 Å². The van der Waals surface area contributed by atoms with Crippen LogP contribution in [0.2, 0.25) is 10.0 Å². The highest BCUT2D eigenvalue weighted by Gasteiger charge is 2.08. The van der Waals surface area contributed by atoms with Crippen LogP contribution in [-0.4, -0.2) is 9.97 Å². The monoisotopic (exact) mass is 376 g/mol. The molecule has 1 heterocycles. The fraction of sp³-hybridized carbons (Fsp3) is 0. The van der Waals surface area contributed by atoms with Gasteiger partial charge in [0, 0.05) is 10.5 Å². The van der Waals surface area contributed by atoms with Crippen LogP contribution in [0.15, 0.2) is 34.9 Å². The Kier molecular flexibility index (Phi) is 4.62. The zero-order valence-corrected chi connectivity index (χ0v) is 13.3. The number of hydrogen-bond donors (Lipinski definition) is 1. The lowest BCUT2D eigenvalue weighted by Crippen LogP contribution is -2.10. The first kappa shape index (κ1) is 14.5. The van der Waals surface area contributed by atoms with Crippen LogP contribution in [0.25, 0.3) is 0 Å². The number of halogens is 3. The van der Waals surface area contributed by atoms with Gasteiger partial charge in [0.15, 0.2) is 0 Å². The van der Waals surface area contributed by atoms with Gasteiger partial charge in [-0.15, -0.1) is 0 Å². The normalized spacial score (nSPS) is 10.3. The van der Waals surface area contributed by atoms with Crippen molar-refractivity contribution in [3.8, 4) is 11.5 Å². The minimum Gasteiger partial charge on any atom is -0.454 e. The second kappa shape index (κ2) is 6.05. The molecule has 7 heteroatoms. The van der Waals surface area contributed by atoms with E-state index in [4.69, 9.17) is 45.9 Å². The third-order valence-corrected chi connectivity index (χ3v) is 3.89.